The molecule has 0 radical (unpaired) electrons. The molecule has 2 aliphatic rings. The average Bonchev–Trinajstić information content (AvgIpc) is 2.67. The Hall–Kier alpha value is -1.59. The van der Waals surface area contributed by atoms with Crippen molar-refractivity contribution in [1.82, 2.24) is 20.9 Å². The minimum atomic E-state index is -0.0495. The van der Waals surface area contributed by atoms with Crippen LogP contribution in [-0.2, 0) is 13.0 Å². The van der Waals surface area contributed by atoms with E-state index in [1.807, 2.05) is 0 Å². The van der Waals surface area contributed by atoms with Crippen molar-refractivity contribution >= 4 is 6.03 Å². The van der Waals surface area contributed by atoms with Gasteiger partial charge in [0.2, 0.25) is 0 Å². The van der Waals surface area contributed by atoms with E-state index in [2.05, 4.69) is 52.0 Å². The highest BCUT2D eigenvalue weighted by Crippen LogP contribution is 2.16. The summed E-state index contributed by atoms with van der Waals surface area (Å²) in [5.41, 5.74) is 2.76. The number of piperidine rings is 1. The van der Waals surface area contributed by atoms with Gasteiger partial charge in [-0.1, -0.05) is 30.7 Å². The van der Waals surface area contributed by atoms with Crippen LogP contribution in [0, 0.1) is 0 Å². The average molecular weight is 345 g/mol. The maximum absolute atomic E-state index is 12.0. The molecule has 2 atom stereocenters. The van der Waals surface area contributed by atoms with Crippen molar-refractivity contribution in [1.29, 1.82) is 0 Å². The second kappa shape index (κ2) is 9.20. The zero-order valence-corrected chi connectivity index (χ0v) is 15.4. The smallest absolute Gasteiger partial charge is 0.314 e. The second-order valence-corrected chi connectivity index (χ2v) is 7.42. The molecule has 1 saturated heterocycles. The van der Waals surface area contributed by atoms with Gasteiger partial charge in [-0.2, -0.15) is 0 Å². The van der Waals surface area contributed by atoms with Crippen molar-refractivity contribution in [3.8, 4) is 0 Å². The van der Waals surface area contributed by atoms with Crippen molar-refractivity contribution in [3.63, 3.8) is 0 Å². The van der Waals surface area contributed by atoms with Crippen LogP contribution in [0.4, 0.5) is 4.79 Å². The number of fused-ring (bicyclic) bond motifs is 1. The standard InChI is InChI=1S/C20H32N4O/c1-16(24-11-5-2-6-12-24)9-10-21-20(25)23-15-19-13-17-7-3-4-8-18(17)14-22-19/h3-4,7-8,16,19,22H,2,5-6,9-15H2,1H3,(H2,21,23,25). The van der Waals surface area contributed by atoms with E-state index in [1.165, 1.54) is 43.5 Å². The predicted molar refractivity (Wildman–Crippen MR) is 102 cm³/mol. The molecule has 3 N–H and O–H groups in total. The molecule has 5 heteroatoms. The zero-order chi connectivity index (χ0) is 17.5. The summed E-state index contributed by atoms with van der Waals surface area (Å²) in [5.74, 6) is 0. The summed E-state index contributed by atoms with van der Waals surface area (Å²) in [6.07, 6.45) is 5.99. The third-order valence-electron chi connectivity index (χ3n) is 5.54. The van der Waals surface area contributed by atoms with Crippen LogP contribution in [0.25, 0.3) is 0 Å². The molecule has 2 unspecified atom stereocenters. The minimum Gasteiger partial charge on any atom is -0.338 e. The number of amides is 2. The number of nitrogens with one attached hydrogen (secondary N) is 3. The van der Waals surface area contributed by atoms with Gasteiger partial charge < -0.3 is 20.9 Å². The molecule has 2 aliphatic heterocycles. The van der Waals surface area contributed by atoms with Crippen LogP contribution in [0.15, 0.2) is 24.3 Å². The van der Waals surface area contributed by atoms with Gasteiger partial charge in [0.1, 0.15) is 0 Å². The molecule has 1 fully saturated rings. The molecular weight excluding hydrogens is 312 g/mol. The van der Waals surface area contributed by atoms with Gasteiger partial charge in [0.15, 0.2) is 0 Å². The first-order valence-electron chi connectivity index (χ1n) is 9.78. The fourth-order valence-electron chi connectivity index (χ4n) is 3.88. The van der Waals surface area contributed by atoms with Crippen molar-refractivity contribution in [3.05, 3.63) is 35.4 Å². The summed E-state index contributed by atoms with van der Waals surface area (Å²) in [6, 6.07) is 9.34. The van der Waals surface area contributed by atoms with Gasteiger partial charge in [0, 0.05) is 31.7 Å². The normalized spacial score (nSPS) is 22.0. The molecule has 2 heterocycles. The van der Waals surface area contributed by atoms with E-state index in [4.69, 9.17) is 0 Å². The number of urea groups is 1. The number of hydrogen-bond donors (Lipinski definition) is 3. The highest BCUT2D eigenvalue weighted by atomic mass is 16.2. The monoisotopic (exact) mass is 344 g/mol. The molecule has 138 valence electrons. The molecule has 0 saturated carbocycles. The van der Waals surface area contributed by atoms with Gasteiger partial charge >= 0.3 is 6.03 Å². The van der Waals surface area contributed by atoms with E-state index in [0.717, 1.165) is 25.9 Å². The van der Waals surface area contributed by atoms with Crippen LogP contribution >= 0.6 is 0 Å². The lowest BCUT2D eigenvalue weighted by Gasteiger charge is -2.32. The molecule has 0 aliphatic carbocycles. The van der Waals surface area contributed by atoms with Gasteiger partial charge in [-0.15, -0.1) is 0 Å². The van der Waals surface area contributed by atoms with Crippen molar-refractivity contribution in [2.24, 2.45) is 0 Å². The third kappa shape index (κ3) is 5.44. The van der Waals surface area contributed by atoms with E-state index >= 15 is 0 Å². The quantitative estimate of drug-likeness (QED) is 0.742. The molecule has 1 aromatic carbocycles. The van der Waals surface area contributed by atoms with E-state index in [9.17, 15) is 4.79 Å². The number of rotatable bonds is 6. The summed E-state index contributed by atoms with van der Waals surface area (Å²) >= 11 is 0. The van der Waals surface area contributed by atoms with Crippen LogP contribution in [0.3, 0.4) is 0 Å². The Kier molecular flexibility index (Phi) is 6.70. The molecule has 0 bridgehead atoms. The first-order chi connectivity index (χ1) is 12.2. The highest BCUT2D eigenvalue weighted by molar-refractivity contribution is 5.73. The molecule has 3 rings (SSSR count). The van der Waals surface area contributed by atoms with E-state index < -0.39 is 0 Å². The molecule has 5 nitrogen and oxygen atoms in total. The number of likely N-dealkylation sites (tertiary alicyclic amines) is 1. The Morgan fingerprint density at radius 1 is 1.20 bits per heavy atom. The number of hydrogen-bond acceptors (Lipinski definition) is 3. The fraction of sp³-hybridized carbons (Fsp3) is 0.650. The first kappa shape index (κ1) is 18.2. The van der Waals surface area contributed by atoms with Crippen LogP contribution in [0.1, 0.15) is 43.7 Å². The molecule has 0 spiro atoms. The fourth-order valence-corrected chi connectivity index (χ4v) is 3.88. The summed E-state index contributed by atoms with van der Waals surface area (Å²) in [7, 11) is 0. The van der Waals surface area contributed by atoms with E-state index in [1.54, 1.807) is 0 Å². The first-order valence-corrected chi connectivity index (χ1v) is 9.78. The van der Waals surface area contributed by atoms with Crippen LogP contribution < -0.4 is 16.0 Å². The van der Waals surface area contributed by atoms with Crippen molar-refractivity contribution in [2.75, 3.05) is 26.2 Å². The Labute approximate surface area is 151 Å². The summed E-state index contributed by atoms with van der Waals surface area (Å²) < 4.78 is 0. The maximum atomic E-state index is 12.0. The lowest BCUT2D eigenvalue weighted by Crippen LogP contribution is -2.47. The van der Waals surface area contributed by atoms with Gasteiger partial charge in [0.05, 0.1) is 0 Å². The van der Waals surface area contributed by atoms with Crippen LogP contribution in [0.2, 0.25) is 0 Å². The molecule has 0 aromatic heterocycles. The number of carbonyl (C=O) groups excluding carboxylic acids is 1. The zero-order valence-electron chi connectivity index (χ0n) is 15.4. The van der Waals surface area contributed by atoms with Crippen molar-refractivity contribution in [2.45, 2.75) is 57.7 Å². The number of carbonyl (C=O) groups is 1. The molecular formula is C20H32N4O. The summed E-state index contributed by atoms with van der Waals surface area (Å²) in [5, 5.41) is 9.52. The SMILES string of the molecule is CC(CCNC(=O)NCC1Cc2ccccc2CN1)N1CCCCC1. The minimum absolute atomic E-state index is 0.0495. The number of benzene rings is 1. The lowest BCUT2D eigenvalue weighted by molar-refractivity contribution is 0.166. The van der Waals surface area contributed by atoms with Crippen LogP contribution in [-0.4, -0.2) is 49.2 Å². The van der Waals surface area contributed by atoms with Gasteiger partial charge in [-0.25, -0.2) is 4.79 Å². The van der Waals surface area contributed by atoms with Gasteiger partial charge in [-0.05, 0) is 56.8 Å². The highest BCUT2D eigenvalue weighted by Gasteiger charge is 2.18. The number of nitrogens with zero attached hydrogens (tertiary/aromatic N) is 1. The van der Waals surface area contributed by atoms with Gasteiger partial charge in [0.25, 0.3) is 0 Å². The van der Waals surface area contributed by atoms with E-state index in [-0.39, 0.29) is 6.03 Å². The third-order valence-corrected chi connectivity index (χ3v) is 5.54. The Bertz CT molecular complexity index is 556. The van der Waals surface area contributed by atoms with Gasteiger partial charge in [-0.3, -0.25) is 0 Å². The molecule has 2 amide bonds. The van der Waals surface area contributed by atoms with Crippen LogP contribution in [0.5, 0.6) is 0 Å². The Morgan fingerprint density at radius 3 is 2.76 bits per heavy atom. The largest absolute Gasteiger partial charge is 0.338 e. The molecule has 25 heavy (non-hydrogen) atoms. The summed E-state index contributed by atoms with van der Waals surface area (Å²) in [4.78, 5) is 14.6. The summed E-state index contributed by atoms with van der Waals surface area (Å²) in [6.45, 7) is 6.99. The van der Waals surface area contributed by atoms with Crippen molar-refractivity contribution < 1.29 is 4.79 Å². The second-order valence-electron chi connectivity index (χ2n) is 7.42. The molecule has 1 aromatic rings. The topological polar surface area (TPSA) is 56.4 Å². The maximum Gasteiger partial charge on any atom is 0.314 e. The predicted octanol–water partition coefficient (Wildman–Crippen LogP) is 2.26. The van der Waals surface area contributed by atoms with E-state index in [0.29, 0.717) is 18.6 Å². The Balaban J connectivity index is 1.31. The Morgan fingerprint density at radius 2 is 1.96 bits per heavy atom. The lowest BCUT2D eigenvalue weighted by atomic mass is 9.96.